The fraction of sp³-hybridized carbons (Fsp3) is 0.667. The van der Waals surface area contributed by atoms with E-state index < -0.39 is 0 Å². The minimum atomic E-state index is 0.302. The molecule has 0 aliphatic carbocycles. The second-order valence-corrected chi connectivity index (χ2v) is 4.20. The maximum Gasteiger partial charge on any atom is 0.226 e. The molecule has 0 aromatic carbocycles. The molecular formula is C12H19N3O2. The first kappa shape index (κ1) is 12.1. The largest absolute Gasteiger partial charge is 0.478 e. The summed E-state index contributed by atoms with van der Waals surface area (Å²) in [5, 5.41) is 3.33. The highest BCUT2D eigenvalue weighted by Gasteiger charge is 2.19. The first-order chi connectivity index (χ1) is 8.28. The number of ether oxygens (including phenoxy) is 2. The monoisotopic (exact) mass is 237 g/mol. The third-order valence-electron chi connectivity index (χ3n) is 2.74. The number of nitrogens with zero attached hydrogens (tertiary/aromatic N) is 2. The highest BCUT2D eigenvalue weighted by molar-refractivity contribution is 5.29. The van der Waals surface area contributed by atoms with E-state index in [-0.39, 0.29) is 0 Å². The van der Waals surface area contributed by atoms with Crippen LogP contribution < -0.4 is 10.1 Å². The van der Waals surface area contributed by atoms with E-state index in [0.717, 1.165) is 19.4 Å². The molecule has 2 rings (SSSR count). The van der Waals surface area contributed by atoms with Gasteiger partial charge in [-0.2, -0.15) is 4.98 Å². The van der Waals surface area contributed by atoms with E-state index in [1.807, 2.05) is 6.92 Å². The summed E-state index contributed by atoms with van der Waals surface area (Å²) in [6.07, 6.45) is 3.99. The molecule has 1 fully saturated rings. The summed E-state index contributed by atoms with van der Waals surface area (Å²) < 4.78 is 10.8. The Balaban J connectivity index is 1.95. The van der Waals surface area contributed by atoms with Gasteiger partial charge >= 0.3 is 0 Å². The first-order valence-electron chi connectivity index (χ1n) is 6.12. The molecule has 5 nitrogen and oxygen atoms in total. The van der Waals surface area contributed by atoms with E-state index in [0.29, 0.717) is 30.6 Å². The smallest absolute Gasteiger partial charge is 0.226 e. The van der Waals surface area contributed by atoms with Gasteiger partial charge in [0.25, 0.3) is 0 Å². The van der Waals surface area contributed by atoms with Gasteiger partial charge in [0.2, 0.25) is 11.8 Å². The Kier molecular flexibility index (Phi) is 4.14. The van der Waals surface area contributed by atoms with Gasteiger partial charge in [-0.3, -0.25) is 0 Å². The molecule has 1 saturated heterocycles. The van der Waals surface area contributed by atoms with Gasteiger partial charge in [0, 0.05) is 24.9 Å². The van der Waals surface area contributed by atoms with Crippen molar-refractivity contribution in [3.8, 4) is 5.88 Å². The first-order valence-corrected chi connectivity index (χ1v) is 6.12. The van der Waals surface area contributed by atoms with Crippen LogP contribution in [-0.4, -0.2) is 35.3 Å². The number of anilines is 1. The van der Waals surface area contributed by atoms with Gasteiger partial charge in [0.1, 0.15) is 0 Å². The number of rotatable bonds is 4. The molecule has 1 aromatic heterocycles. The van der Waals surface area contributed by atoms with Crippen molar-refractivity contribution in [1.29, 1.82) is 0 Å². The van der Waals surface area contributed by atoms with Gasteiger partial charge in [-0.25, -0.2) is 4.98 Å². The summed E-state index contributed by atoms with van der Waals surface area (Å²) in [4.78, 5) is 8.49. The molecule has 0 amide bonds. The lowest BCUT2D eigenvalue weighted by molar-refractivity contribution is 0.0231. The normalized spacial score (nSPS) is 24.4. The summed E-state index contributed by atoms with van der Waals surface area (Å²) in [6.45, 7) is 5.44. The van der Waals surface area contributed by atoms with Crippen LogP contribution >= 0.6 is 0 Å². The van der Waals surface area contributed by atoms with Crippen molar-refractivity contribution in [2.75, 3.05) is 18.5 Å². The van der Waals surface area contributed by atoms with E-state index in [4.69, 9.17) is 9.47 Å². The van der Waals surface area contributed by atoms with Crippen LogP contribution in [0.25, 0.3) is 0 Å². The number of nitrogens with one attached hydrogen (secondary N) is 1. The topological polar surface area (TPSA) is 56.3 Å². The molecule has 0 spiro atoms. The van der Waals surface area contributed by atoms with E-state index in [9.17, 15) is 0 Å². The van der Waals surface area contributed by atoms with Crippen molar-refractivity contribution >= 4 is 5.95 Å². The third kappa shape index (κ3) is 3.56. The zero-order chi connectivity index (χ0) is 12.1. The van der Waals surface area contributed by atoms with Crippen LogP contribution in [0, 0.1) is 0 Å². The molecule has 2 heterocycles. The average molecular weight is 237 g/mol. The van der Waals surface area contributed by atoms with E-state index in [1.54, 1.807) is 12.3 Å². The van der Waals surface area contributed by atoms with E-state index in [1.165, 1.54) is 0 Å². The van der Waals surface area contributed by atoms with Crippen LogP contribution in [-0.2, 0) is 4.74 Å². The second-order valence-electron chi connectivity index (χ2n) is 4.20. The molecule has 1 aromatic rings. The standard InChI is InChI=1S/C12H19N3O2/c1-3-16-11-4-6-13-12(15-11)14-10-5-7-17-9(2)8-10/h4,6,9-10H,3,5,7-8H2,1-2H3,(H,13,14,15). The van der Waals surface area contributed by atoms with Crippen molar-refractivity contribution in [3.63, 3.8) is 0 Å². The molecule has 2 atom stereocenters. The highest BCUT2D eigenvalue weighted by atomic mass is 16.5. The van der Waals surface area contributed by atoms with Gasteiger partial charge in [-0.05, 0) is 26.7 Å². The van der Waals surface area contributed by atoms with Crippen LogP contribution in [0.15, 0.2) is 12.3 Å². The van der Waals surface area contributed by atoms with E-state index in [2.05, 4.69) is 22.2 Å². The van der Waals surface area contributed by atoms with Crippen molar-refractivity contribution in [2.24, 2.45) is 0 Å². The maximum absolute atomic E-state index is 5.50. The number of aromatic nitrogens is 2. The van der Waals surface area contributed by atoms with Crippen molar-refractivity contribution in [1.82, 2.24) is 9.97 Å². The molecule has 0 radical (unpaired) electrons. The van der Waals surface area contributed by atoms with Gasteiger partial charge in [0.05, 0.1) is 12.7 Å². The molecule has 94 valence electrons. The molecule has 0 bridgehead atoms. The van der Waals surface area contributed by atoms with Gasteiger partial charge in [0.15, 0.2) is 0 Å². The Hall–Kier alpha value is -1.36. The van der Waals surface area contributed by atoms with Crippen molar-refractivity contribution < 1.29 is 9.47 Å². The molecule has 1 aliphatic rings. The van der Waals surface area contributed by atoms with Gasteiger partial charge in [-0.15, -0.1) is 0 Å². The van der Waals surface area contributed by atoms with Crippen LogP contribution in [0.3, 0.4) is 0 Å². The lowest BCUT2D eigenvalue weighted by Crippen LogP contribution is -2.33. The van der Waals surface area contributed by atoms with Crippen molar-refractivity contribution in [2.45, 2.75) is 38.8 Å². The lowest BCUT2D eigenvalue weighted by atomic mass is 10.0. The minimum Gasteiger partial charge on any atom is -0.478 e. The summed E-state index contributed by atoms with van der Waals surface area (Å²) in [7, 11) is 0. The number of hydrogen-bond donors (Lipinski definition) is 1. The molecule has 0 saturated carbocycles. The van der Waals surface area contributed by atoms with E-state index >= 15 is 0 Å². The van der Waals surface area contributed by atoms with Crippen LogP contribution in [0.2, 0.25) is 0 Å². The Labute approximate surface area is 102 Å². The van der Waals surface area contributed by atoms with Gasteiger partial charge in [-0.1, -0.05) is 0 Å². The zero-order valence-corrected chi connectivity index (χ0v) is 10.3. The fourth-order valence-electron chi connectivity index (χ4n) is 1.95. The summed E-state index contributed by atoms with van der Waals surface area (Å²) >= 11 is 0. The molecule has 1 N–H and O–H groups in total. The average Bonchev–Trinajstić information content (AvgIpc) is 2.30. The van der Waals surface area contributed by atoms with Crippen LogP contribution in [0.4, 0.5) is 5.95 Å². The van der Waals surface area contributed by atoms with Crippen LogP contribution in [0.1, 0.15) is 26.7 Å². The quantitative estimate of drug-likeness (QED) is 0.866. The highest BCUT2D eigenvalue weighted by Crippen LogP contribution is 2.17. The summed E-state index contributed by atoms with van der Waals surface area (Å²) in [5.74, 6) is 1.25. The molecule has 17 heavy (non-hydrogen) atoms. The zero-order valence-electron chi connectivity index (χ0n) is 10.3. The molecule has 5 heteroatoms. The fourth-order valence-corrected chi connectivity index (χ4v) is 1.95. The maximum atomic E-state index is 5.50. The van der Waals surface area contributed by atoms with Gasteiger partial charge < -0.3 is 14.8 Å². The van der Waals surface area contributed by atoms with Crippen LogP contribution in [0.5, 0.6) is 5.88 Å². The third-order valence-corrected chi connectivity index (χ3v) is 2.74. The SMILES string of the molecule is CCOc1ccnc(NC2CCOC(C)C2)n1. The predicted molar refractivity (Wildman–Crippen MR) is 65.3 cm³/mol. The Bertz CT molecular complexity index is 359. The van der Waals surface area contributed by atoms with Crippen molar-refractivity contribution in [3.05, 3.63) is 12.3 Å². The molecule has 1 aliphatic heterocycles. The molecule has 2 unspecified atom stereocenters. The Morgan fingerprint density at radius 2 is 2.47 bits per heavy atom. The Morgan fingerprint density at radius 1 is 1.59 bits per heavy atom. The summed E-state index contributed by atoms with van der Waals surface area (Å²) in [6, 6.07) is 2.15. The second kappa shape index (κ2) is 5.82. The lowest BCUT2D eigenvalue weighted by Gasteiger charge is -2.27. The Morgan fingerprint density at radius 3 is 3.24 bits per heavy atom. The molecular weight excluding hydrogens is 218 g/mol. The minimum absolute atomic E-state index is 0.302. The predicted octanol–water partition coefficient (Wildman–Crippen LogP) is 1.85. The summed E-state index contributed by atoms with van der Waals surface area (Å²) in [5.41, 5.74) is 0. The number of hydrogen-bond acceptors (Lipinski definition) is 5.